The molecule has 0 unspecified atom stereocenters. The molecule has 2 amide bonds. The first-order chi connectivity index (χ1) is 12.1. The van der Waals surface area contributed by atoms with Crippen molar-refractivity contribution in [3.63, 3.8) is 0 Å². The second-order valence-corrected chi connectivity index (χ2v) is 6.57. The second kappa shape index (κ2) is 7.51. The Labute approximate surface area is 148 Å². The van der Waals surface area contributed by atoms with Crippen LogP contribution in [0.1, 0.15) is 52.9 Å². The SMILES string of the molecule is CCCNC(=O)C[C@H](c1ccc(C)cc1)N1Cc2ccccc2C1=O. The number of hydrogen-bond acceptors (Lipinski definition) is 2. The van der Waals surface area contributed by atoms with Crippen LogP contribution in [0.4, 0.5) is 0 Å². The Balaban J connectivity index is 1.88. The van der Waals surface area contributed by atoms with E-state index in [0.717, 1.165) is 28.7 Å². The maximum absolute atomic E-state index is 12.9. The van der Waals surface area contributed by atoms with Crippen LogP contribution in [-0.2, 0) is 11.3 Å². The number of aryl methyl sites for hydroxylation is 1. The number of nitrogens with one attached hydrogen (secondary N) is 1. The van der Waals surface area contributed by atoms with Gasteiger partial charge >= 0.3 is 0 Å². The first kappa shape index (κ1) is 17.2. The molecule has 25 heavy (non-hydrogen) atoms. The Morgan fingerprint density at radius 2 is 1.88 bits per heavy atom. The van der Waals surface area contributed by atoms with E-state index < -0.39 is 0 Å². The van der Waals surface area contributed by atoms with Crippen LogP contribution in [0, 0.1) is 6.92 Å². The highest BCUT2D eigenvalue weighted by Crippen LogP contribution is 2.33. The van der Waals surface area contributed by atoms with E-state index in [2.05, 4.69) is 5.32 Å². The average molecular weight is 336 g/mol. The summed E-state index contributed by atoms with van der Waals surface area (Å²) in [5.41, 5.74) is 3.93. The van der Waals surface area contributed by atoms with Crippen LogP contribution in [-0.4, -0.2) is 23.3 Å². The molecule has 1 N–H and O–H groups in total. The molecule has 1 aliphatic rings. The summed E-state index contributed by atoms with van der Waals surface area (Å²) in [5, 5.41) is 2.93. The van der Waals surface area contributed by atoms with Crippen molar-refractivity contribution in [3.05, 3.63) is 70.8 Å². The minimum absolute atomic E-state index is 0.00414. The van der Waals surface area contributed by atoms with Crippen molar-refractivity contribution < 1.29 is 9.59 Å². The molecule has 2 aromatic carbocycles. The number of benzene rings is 2. The van der Waals surface area contributed by atoms with Gasteiger partial charge in [0.2, 0.25) is 5.91 Å². The van der Waals surface area contributed by atoms with E-state index >= 15 is 0 Å². The van der Waals surface area contributed by atoms with Gasteiger partial charge in [-0.15, -0.1) is 0 Å². The molecule has 4 heteroatoms. The Kier molecular flexibility index (Phi) is 5.17. The molecule has 1 aliphatic heterocycles. The normalized spacial score (nSPS) is 14.3. The van der Waals surface area contributed by atoms with Crippen LogP contribution >= 0.6 is 0 Å². The lowest BCUT2D eigenvalue weighted by Gasteiger charge is -2.28. The molecule has 0 fully saturated rings. The third-order valence-corrected chi connectivity index (χ3v) is 4.64. The van der Waals surface area contributed by atoms with Gasteiger partial charge in [0, 0.05) is 18.7 Å². The van der Waals surface area contributed by atoms with Crippen molar-refractivity contribution in [2.24, 2.45) is 0 Å². The van der Waals surface area contributed by atoms with Crippen LogP contribution in [0.15, 0.2) is 48.5 Å². The minimum atomic E-state index is -0.252. The van der Waals surface area contributed by atoms with Crippen molar-refractivity contribution in [1.29, 1.82) is 0 Å². The predicted molar refractivity (Wildman–Crippen MR) is 98.2 cm³/mol. The van der Waals surface area contributed by atoms with E-state index in [1.54, 1.807) is 0 Å². The fourth-order valence-corrected chi connectivity index (χ4v) is 3.24. The maximum atomic E-state index is 12.9. The molecule has 130 valence electrons. The molecular weight excluding hydrogens is 312 g/mol. The molecule has 0 saturated heterocycles. The van der Waals surface area contributed by atoms with Gasteiger partial charge in [0.1, 0.15) is 0 Å². The summed E-state index contributed by atoms with van der Waals surface area (Å²) in [7, 11) is 0. The quantitative estimate of drug-likeness (QED) is 0.876. The van der Waals surface area contributed by atoms with Crippen LogP contribution in [0.3, 0.4) is 0 Å². The highest BCUT2D eigenvalue weighted by atomic mass is 16.2. The topological polar surface area (TPSA) is 49.4 Å². The Hall–Kier alpha value is -2.62. The number of carbonyl (C=O) groups excluding carboxylic acids is 2. The smallest absolute Gasteiger partial charge is 0.255 e. The summed E-state index contributed by atoms with van der Waals surface area (Å²) in [6, 6.07) is 15.5. The van der Waals surface area contributed by atoms with Crippen molar-refractivity contribution in [1.82, 2.24) is 10.2 Å². The first-order valence-corrected chi connectivity index (χ1v) is 8.82. The summed E-state index contributed by atoms with van der Waals surface area (Å²) >= 11 is 0. The zero-order valence-electron chi connectivity index (χ0n) is 14.8. The number of amides is 2. The highest BCUT2D eigenvalue weighted by Gasteiger charge is 2.34. The van der Waals surface area contributed by atoms with Crippen molar-refractivity contribution in [3.8, 4) is 0 Å². The van der Waals surface area contributed by atoms with Crippen LogP contribution in [0.25, 0.3) is 0 Å². The first-order valence-electron chi connectivity index (χ1n) is 8.82. The summed E-state index contributed by atoms with van der Waals surface area (Å²) in [6.07, 6.45) is 1.18. The van der Waals surface area contributed by atoms with Gasteiger partial charge in [-0.25, -0.2) is 0 Å². The molecule has 0 saturated carbocycles. The van der Waals surface area contributed by atoms with Gasteiger partial charge in [0.25, 0.3) is 5.91 Å². The van der Waals surface area contributed by atoms with Crippen LogP contribution in [0.5, 0.6) is 0 Å². The summed E-state index contributed by atoms with van der Waals surface area (Å²) in [4.78, 5) is 27.0. The molecule has 1 atom stereocenters. The summed E-state index contributed by atoms with van der Waals surface area (Å²) in [6.45, 7) is 5.27. The molecule has 0 aliphatic carbocycles. The molecule has 2 aromatic rings. The monoisotopic (exact) mass is 336 g/mol. The lowest BCUT2D eigenvalue weighted by molar-refractivity contribution is -0.122. The molecule has 0 aromatic heterocycles. The van der Waals surface area contributed by atoms with Crippen molar-refractivity contribution in [2.45, 2.75) is 39.3 Å². The predicted octanol–water partition coefficient (Wildman–Crippen LogP) is 3.61. The number of rotatable bonds is 6. The molecular formula is C21H24N2O2. The van der Waals surface area contributed by atoms with Crippen molar-refractivity contribution in [2.75, 3.05) is 6.54 Å². The number of hydrogen-bond donors (Lipinski definition) is 1. The zero-order chi connectivity index (χ0) is 17.8. The Morgan fingerprint density at radius 3 is 2.56 bits per heavy atom. The van der Waals surface area contributed by atoms with E-state index in [1.807, 2.05) is 67.3 Å². The second-order valence-electron chi connectivity index (χ2n) is 6.57. The Bertz CT molecular complexity index is 768. The summed E-state index contributed by atoms with van der Waals surface area (Å²) in [5.74, 6) is -0.0133. The van der Waals surface area contributed by atoms with Crippen LogP contribution in [0.2, 0.25) is 0 Å². The van der Waals surface area contributed by atoms with Gasteiger partial charge in [-0.2, -0.15) is 0 Å². The van der Waals surface area contributed by atoms with E-state index in [9.17, 15) is 9.59 Å². The molecule has 0 spiro atoms. The van der Waals surface area contributed by atoms with E-state index in [-0.39, 0.29) is 24.3 Å². The standard InChI is InChI=1S/C21H24N2O2/c1-3-12-22-20(24)13-19(16-10-8-15(2)9-11-16)23-14-17-6-4-5-7-18(17)21(23)25/h4-11,19H,3,12-14H2,1-2H3,(H,22,24)/t19-/m1/s1. The number of fused-ring (bicyclic) bond motifs is 1. The van der Waals surface area contributed by atoms with E-state index in [1.165, 1.54) is 0 Å². The minimum Gasteiger partial charge on any atom is -0.356 e. The Morgan fingerprint density at radius 1 is 1.16 bits per heavy atom. The molecule has 0 bridgehead atoms. The van der Waals surface area contributed by atoms with Crippen LogP contribution < -0.4 is 5.32 Å². The lowest BCUT2D eigenvalue weighted by atomic mass is 10.00. The third-order valence-electron chi connectivity index (χ3n) is 4.64. The van der Waals surface area contributed by atoms with Gasteiger partial charge in [0.15, 0.2) is 0 Å². The maximum Gasteiger partial charge on any atom is 0.255 e. The average Bonchev–Trinajstić information content (AvgIpc) is 2.96. The molecule has 3 rings (SSSR count). The van der Waals surface area contributed by atoms with E-state index in [4.69, 9.17) is 0 Å². The molecule has 4 nitrogen and oxygen atoms in total. The number of nitrogens with zero attached hydrogens (tertiary/aromatic N) is 1. The largest absolute Gasteiger partial charge is 0.356 e. The highest BCUT2D eigenvalue weighted by molar-refractivity contribution is 5.98. The molecule has 0 radical (unpaired) electrons. The van der Waals surface area contributed by atoms with Gasteiger partial charge in [0.05, 0.1) is 12.5 Å². The van der Waals surface area contributed by atoms with Gasteiger partial charge in [-0.1, -0.05) is 55.0 Å². The molecule has 1 heterocycles. The number of carbonyl (C=O) groups is 2. The zero-order valence-corrected chi connectivity index (χ0v) is 14.8. The fraction of sp³-hybridized carbons (Fsp3) is 0.333. The van der Waals surface area contributed by atoms with Crippen molar-refractivity contribution >= 4 is 11.8 Å². The summed E-state index contributed by atoms with van der Waals surface area (Å²) < 4.78 is 0. The lowest BCUT2D eigenvalue weighted by Crippen LogP contribution is -2.34. The van der Waals surface area contributed by atoms with E-state index in [0.29, 0.717) is 13.1 Å². The van der Waals surface area contributed by atoms with Gasteiger partial charge in [-0.3, -0.25) is 9.59 Å². The third kappa shape index (κ3) is 3.73. The van der Waals surface area contributed by atoms with Gasteiger partial charge < -0.3 is 10.2 Å². The fourth-order valence-electron chi connectivity index (χ4n) is 3.24. The van der Waals surface area contributed by atoms with Gasteiger partial charge in [-0.05, 0) is 30.5 Å².